The molecule has 24 heavy (non-hydrogen) atoms. The molecule has 0 saturated heterocycles. The van der Waals surface area contributed by atoms with Crippen LogP contribution in [0.2, 0.25) is 0 Å². The number of hydrogen-bond donors (Lipinski definition) is 1. The topological polar surface area (TPSA) is 76.9 Å². The van der Waals surface area contributed by atoms with E-state index < -0.39 is 10.0 Å². The lowest BCUT2D eigenvalue weighted by molar-refractivity contribution is 0.601. The number of hydrogen-bond acceptors (Lipinski definition) is 4. The van der Waals surface area contributed by atoms with Crippen molar-refractivity contribution in [2.45, 2.75) is 25.7 Å². The van der Waals surface area contributed by atoms with E-state index in [1.165, 1.54) is 17.1 Å². The Morgan fingerprint density at radius 2 is 1.71 bits per heavy atom. The molecule has 6 nitrogen and oxygen atoms in total. The highest BCUT2D eigenvalue weighted by molar-refractivity contribution is 7.92. The van der Waals surface area contributed by atoms with Gasteiger partial charge in [0.05, 0.1) is 12.4 Å². The number of nitrogens with one attached hydrogen (secondary N) is 1. The Labute approximate surface area is 141 Å². The minimum absolute atomic E-state index is 0.0879. The fraction of sp³-hybridized carbons (Fsp3) is 0.176. The van der Waals surface area contributed by atoms with Gasteiger partial charge in [-0.05, 0) is 61.7 Å². The molecule has 2 aromatic heterocycles. The van der Waals surface area contributed by atoms with E-state index in [4.69, 9.17) is 0 Å². The van der Waals surface area contributed by atoms with Gasteiger partial charge in [0.15, 0.2) is 5.82 Å². The maximum atomic E-state index is 12.6. The molecule has 0 atom stereocenters. The summed E-state index contributed by atoms with van der Waals surface area (Å²) in [6.07, 6.45) is 4.43. The van der Waals surface area contributed by atoms with E-state index in [9.17, 15) is 8.42 Å². The fourth-order valence-corrected chi connectivity index (χ4v) is 3.43. The van der Waals surface area contributed by atoms with Crippen LogP contribution in [0.4, 0.5) is 5.69 Å². The van der Waals surface area contributed by atoms with Crippen molar-refractivity contribution >= 4 is 15.7 Å². The molecule has 1 aromatic carbocycles. The number of anilines is 1. The maximum absolute atomic E-state index is 12.6. The Bertz CT molecular complexity index is 973. The van der Waals surface area contributed by atoms with Gasteiger partial charge in [-0.3, -0.25) is 4.72 Å². The quantitative estimate of drug-likeness (QED) is 0.791. The molecule has 3 rings (SSSR count). The number of aromatic nitrogens is 3. The first kappa shape index (κ1) is 16.2. The van der Waals surface area contributed by atoms with Gasteiger partial charge < -0.3 is 0 Å². The van der Waals surface area contributed by atoms with Crippen LogP contribution in [0.5, 0.6) is 0 Å². The van der Waals surface area contributed by atoms with Gasteiger partial charge in [-0.15, -0.1) is 0 Å². The van der Waals surface area contributed by atoms with Crippen LogP contribution in [0, 0.1) is 20.8 Å². The number of nitrogens with zero attached hydrogens (tertiary/aromatic N) is 3. The van der Waals surface area contributed by atoms with Crippen LogP contribution in [-0.4, -0.2) is 23.2 Å². The zero-order chi connectivity index (χ0) is 17.3. The number of aryl methyl sites for hydroxylation is 3. The lowest BCUT2D eigenvalue weighted by Gasteiger charge is -2.08. The summed E-state index contributed by atoms with van der Waals surface area (Å²) in [6, 6.07) is 9.26. The van der Waals surface area contributed by atoms with Crippen LogP contribution in [-0.2, 0) is 10.0 Å². The zero-order valence-electron chi connectivity index (χ0n) is 13.7. The van der Waals surface area contributed by atoms with Crippen molar-refractivity contribution in [3.8, 4) is 5.82 Å². The Morgan fingerprint density at radius 3 is 2.38 bits per heavy atom. The zero-order valence-corrected chi connectivity index (χ0v) is 14.5. The molecule has 0 amide bonds. The second kappa shape index (κ2) is 6.09. The van der Waals surface area contributed by atoms with Crippen molar-refractivity contribution in [2.75, 3.05) is 4.72 Å². The average Bonchev–Trinajstić information content (AvgIpc) is 2.96. The van der Waals surface area contributed by atoms with Gasteiger partial charge in [0, 0.05) is 11.9 Å². The maximum Gasteiger partial charge on any atom is 0.265 e. The van der Waals surface area contributed by atoms with Gasteiger partial charge in [-0.25, -0.2) is 18.1 Å². The summed E-state index contributed by atoms with van der Waals surface area (Å²) in [5, 5.41) is 4.11. The largest absolute Gasteiger partial charge is 0.280 e. The van der Waals surface area contributed by atoms with Crippen molar-refractivity contribution in [3.05, 3.63) is 65.6 Å². The van der Waals surface area contributed by atoms with Crippen molar-refractivity contribution < 1.29 is 8.42 Å². The summed E-state index contributed by atoms with van der Waals surface area (Å²) in [6.45, 7) is 5.78. The summed E-state index contributed by atoms with van der Waals surface area (Å²) in [7, 11) is -3.71. The molecule has 2 heterocycles. The van der Waals surface area contributed by atoms with Crippen molar-refractivity contribution in [1.82, 2.24) is 14.8 Å². The van der Waals surface area contributed by atoms with E-state index in [2.05, 4.69) is 14.8 Å². The Hall–Kier alpha value is -2.67. The number of benzene rings is 1. The minimum atomic E-state index is -3.71. The molecule has 1 N–H and O–H groups in total. The Balaban J connectivity index is 1.90. The fourth-order valence-electron chi connectivity index (χ4n) is 2.46. The summed E-state index contributed by atoms with van der Waals surface area (Å²) in [5.74, 6) is 0.572. The smallest absolute Gasteiger partial charge is 0.265 e. The Kier molecular flexibility index (Phi) is 4.11. The molecule has 0 unspecified atom stereocenters. The van der Waals surface area contributed by atoms with Gasteiger partial charge in [0.25, 0.3) is 10.0 Å². The third-order valence-corrected chi connectivity index (χ3v) is 4.81. The highest BCUT2D eigenvalue weighted by Gasteiger charge is 2.17. The van der Waals surface area contributed by atoms with E-state index in [0.29, 0.717) is 11.5 Å². The highest BCUT2D eigenvalue weighted by Crippen LogP contribution is 2.19. The molecule has 7 heteroatoms. The molecule has 124 valence electrons. The SMILES string of the molecule is Cc1cc(C)cc(NS(=O)(=O)c2cnn(-c3cc(C)ccn3)c2)c1. The lowest BCUT2D eigenvalue weighted by Crippen LogP contribution is -2.12. The molecule has 0 aliphatic heterocycles. The van der Waals surface area contributed by atoms with Crippen LogP contribution in [0.25, 0.3) is 5.82 Å². The second-order valence-electron chi connectivity index (χ2n) is 5.79. The van der Waals surface area contributed by atoms with Gasteiger partial charge in [0.2, 0.25) is 0 Å². The van der Waals surface area contributed by atoms with Crippen LogP contribution < -0.4 is 4.72 Å². The van der Waals surface area contributed by atoms with E-state index in [1.807, 2.05) is 39.0 Å². The van der Waals surface area contributed by atoms with E-state index in [1.54, 1.807) is 18.3 Å². The molecule has 0 radical (unpaired) electrons. The van der Waals surface area contributed by atoms with Crippen molar-refractivity contribution in [1.29, 1.82) is 0 Å². The third kappa shape index (κ3) is 3.46. The molecular weight excluding hydrogens is 324 g/mol. The summed E-state index contributed by atoms with van der Waals surface area (Å²) < 4.78 is 29.1. The normalized spacial score (nSPS) is 11.5. The molecular formula is C17H18N4O2S. The van der Waals surface area contributed by atoms with E-state index in [-0.39, 0.29) is 4.90 Å². The summed E-state index contributed by atoms with van der Waals surface area (Å²) in [5.41, 5.74) is 3.54. The van der Waals surface area contributed by atoms with E-state index >= 15 is 0 Å². The molecule has 0 aliphatic carbocycles. The Morgan fingerprint density at radius 1 is 1.00 bits per heavy atom. The highest BCUT2D eigenvalue weighted by atomic mass is 32.2. The first-order valence-corrected chi connectivity index (χ1v) is 8.91. The molecule has 0 spiro atoms. The van der Waals surface area contributed by atoms with Gasteiger partial charge in [0.1, 0.15) is 4.90 Å². The number of sulfonamides is 1. The predicted molar refractivity (Wildman–Crippen MR) is 92.8 cm³/mol. The van der Waals surface area contributed by atoms with Crippen LogP contribution in [0.15, 0.2) is 53.8 Å². The van der Waals surface area contributed by atoms with Gasteiger partial charge in [-0.2, -0.15) is 5.10 Å². The summed E-state index contributed by atoms with van der Waals surface area (Å²) in [4.78, 5) is 4.29. The second-order valence-corrected chi connectivity index (χ2v) is 7.48. The van der Waals surface area contributed by atoms with Crippen molar-refractivity contribution in [2.24, 2.45) is 0 Å². The lowest BCUT2D eigenvalue weighted by atomic mass is 10.1. The molecule has 0 saturated carbocycles. The van der Waals surface area contributed by atoms with Gasteiger partial charge >= 0.3 is 0 Å². The molecule has 0 aliphatic rings. The van der Waals surface area contributed by atoms with Crippen LogP contribution >= 0.6 is 0 Å². The first-order chi connectivity index (χ1) is 11.3. The number of pyridine rings is 1. The average molecular weight is 342 g/mol. The standard InChI is InChI=1S/C17H18N4O2S/c1-12-4-5-18-17(9-12)21-11-16(10-19-21)24(22,23)20-15-7-13(2)6-14(3)8-15/h4-11,20H,1-3H3. The van der Waals surface area contributed by atoms with Crippen molar-refractivity contribution in [3.63, 3.8) is 0 Å². The molecule has 0 fully saturated rings. The monoisotopic (exact) mass is 342 g/mol. The minimum Gasteiger partial charge on any atom is -0.280 e. The molecule has 0 bridgehead atoms. The number of rotatable bonds is 4. The first-order valence-electron chi connectivity index (χ1n) is 7.42. The van der Waals surface area contributed by atoms with Gasteiger partial charge in [-0.1, -0.05) is 6.07 Å². The predicted octanol–water partition coefficient (Wildman–Crippen LogP) is 2.99. The van der Waals surface area contributed by atoms with E-state index in [0.717, 1.165) is 16.7 Å². The molecule has 3 aromatic rings. The van der Waals surface area contributed by atoms with Crippen LogP contribution in [0.1, 0.15) is 16.7 Å². The van der Waals surface area contributed by atoms with Crippen LogP contribution in [0.3, 0.4) is 0 Å². The third-order valence-electron chi connectivity index (χ3n) is 3.48. The summed E-state index contributed by atoms with van der Waals surface area (Å²) >= 11 is 0.